The molecule has 0 radical (unpaired) electrons. The third-order valence-electron chi connectivity index (χ3n) is 5.42. The van der Waals surface area contributed by atoms with Crippen molar-refractivity contribution in [2.24, 2.45) is 4.99 Å². The fraction of sp³-hybridized carbons (Fsp3) is 0.259. The molecular formula is C27H26N8O2S3. The van der Waals surface area contributed by atoms with Crippen molar-refractivity contribution in [1.29, 1.82) is 5.26 Å². The summed E-state index contributed by atoms with van der Waals surface area (Å²) in [6, 6.07) is 16.7. The summed E-state index contributed by atoms with van der Waals surface area (Å²) in [7, 11) is 1.72. The Kier molecular flexibility index (Phi) is 10.9. The lowest BCUT2D eigenvalue weighted by Gasteiger charge is -2.02. The number of thioether (sulfide) groups is 1. The van der Waals surface area contributed by atoms with Crippen molar-refractivity contribution in [3.8, 4) is 6.07 Å². The van der Waals surface area contributed by atoms with Gasteiger partial charge >= 0.3 is 0 Å². The second-order valence-electron chi connectivity index (χ2n) is 8.50. The summed E-state index contributed by atoms with van der Waals surface area (Å²) in [4.78, 5) is 28.6. The van der Waals surface area contributed by atoms with E-state index in [1.807, 2.05) is 24.3 Å². The maximum atomic E-state index is 12.4. The molecule has 2 heterocycles. The number of nitrogens with zero attached hydrogens (tertiary/aromatic N) is 6. The first-order chi connectivity index (χ1) is 19.5. The molecule has 0 atom stereocenters. The van der Waals surface area contributed by atoms with Crippen molar-refractivity contribution in [3.63, 3.8) is 0 Å². The quantitative estimate of drug-likeness (QED) is 0.174. The zero-order valence-electron chi connectivity index (χ0n) is 21.7. The lowest BCUT2D eigenvalue weighted by atomic mass is 10.1. The van der Waals surface area contributed by atoms with Crippen LogP contribution in [-0.4, -0.2) is 57.0 Å². The first-order valence-electron chi connectivity index (χ1n) is 12.3. The Balaban J connectivity index is 1.11. The number of hydrogen-bond donors (Lipinski definition) is 2. The van der Waals surface area contributed by atoms with Gasteiger partial charge in [-0.3, -0.25) is 14.6 Å². The Hall–Kier alpha value is -3.99. The number of carbonyl (C=O) groups is 2. The van der Waals surface area contributed by atoms with Crippen LogP contribution in [0.3, 0.4) is 0 Å². The molecule has 0 bridgehead atoms. The van der Waals surface area contributed by atoms with Gasteiger partial charge in [-0.15, -0.1) is 20.4 Å². The van der Waals surface area contributed by atoms with Crippen LogP contribution in [0.1, 0.15) is 32.3 Å². The predicted octanol–water partition coefficient (Wildman–Crippen LogP) is 4.19. The molecule has 2 aromatic heterocycles. The Bertz CT molecular complexity index is 1490. The van der Waals surface area contributed by atoms with Crippen LogP contribution in [0.2, 0.25) is 0 Å². The number of hydrogen-bond acceptors (Lipinski definition) is 11. The van der Waals surface area contributed by atoms with Gasteiger partial charge in [-0.05, 0) is 40.3 Å². The van der Waals surface area contributed by atoms with Crippen molar-refractivity contribution in [3.05, 3.63) is 80.8 Å². The second kappa shape index (κ2) is 15.0. The van der Waals surface area contributed by atoms with Gasteiger partial charge in [-0.1, -0.05) is 59.1 Å². The highest BCUT2D eigenvalue weighted by Crippen LogP contribution is 2.20. The van der Waals surface area contributed by atoms with E-state index >= 15 is 0 Å². The summed E-state index contributed by atoms with van der Waals surface area (Å²) in [5.74, 6) is 1.42. The van der Waals surface area contributed by atoms with E-state index < -0.39 is 0 Å². The molecule has 204 valence electrons. The zero-order valence-corrected chi connectivity index (χ0v) is 24.1. The molecule has 0 aliphatic heterocycles. The minimum Gasteiger partial charge on any atom is -0.300 e. The van der Waals surface area contributed by atoms with E-state index in [-0.39, 0.29) is 24.7 Å². The first-order valence-corrected chi connectivity index (χ1v) is 15.1. The van der Waals surface area contributed by atoms with E-state index in [0.29, 0.717) is 15.8 Å². The van der Waals surface area contributed by atoms with Gasteiger partial charge < -0.3 is 10.6 Å². The number of nitrogens with one attached hydrogen (secondary N) is 2. The van der Waals surface area contributed by atoms with E-state index in [2.05, 4.69) is 42.1 Å². The molecule has 0 saturated heterocycles. The van der Waals surface area contributed by atoms with Crippen LogP contribution in [0.4, 0.5) is 10.3 Å². The summed E-state index contributed by atoms with van der Waals surface area (Å²) in [6.45, 7) is 0. The van der Waals surface area contributed by atoms with Crippen LogP contribution in [0.15, 0.2) is 53.5 Å². The Morgan fingerprint density at radius 3 is 1.82 bits per heavy atom. The number of anilines is 2. The zero-order chi connectivity index (χ0) is 28.2. The molecule has 4 aromatic rings. The van der Waals surface area contributed by atoms with E-state index in [9.17, 15) is 9.59 Å². The van der Waals surface area contributed by atoms with Crippen LogP contribution in [0.25, 0.3) is 0 Å². The van der Waals surface area contributed by atoms with Crippen molar-refractivity contribution in [2.75, 3.05) is 29.2 Å². The molecule has 0 fully saturated rings. The Morgan fingerprint density at radius 2 is 1.35 bits per heavy atom. The molecule has 2 N–H and O–H groups in total. The van der Waals surface area contributed by atoms with Gasteiger partial charge in [0.05, 0.1) is 24.5 Å². The van der Waals surface area contributed by atoms with Gasteiger partial charge in [-0.2, -0.15) is 17.0 Å². The fourth-order valence-electron chi connectivity index (χ4n) is 3.50. The lowest BCUT2D eigenvalue weighted by Crippen LogP contribution is -2.14. The summed E-state index contributed by atoms with van der Waals surface area (Å²) < 4.78 is 0. The number of amides is 2. The monoisotopic (exact) mass is 590 g/mol. The van der Waals surface area contributed by atoms with Crippen LogP contribution < -0.4 is 10.6 Å². The van der Waals surface area contributed by atoms with E-state index in [1.165, 1.54) is 22.7 Å². The number of benzene rings is 2. The number of rotatable bonds is 13. The highest BCUT2D eigenvalue weighted by molar-refractivity contribution is 7.99. The van der Waals surface area contributed by atoms with Crippen LogP contribution >= 0.6 is 34.4 Å². The summed E-state index contributed by atoms with van der Waals surface area (Å²) in [6.07, 6.45) is 3.74. The fourth-order valence-corrected chi connectivity index (χ4v) is 6.15. The molecule has 13 heteroatoms. The predicted molar refractivity (Wildman–Crippen MR) is 160 cm³/mol. The average molecular weight is 591 g/mol. The van der Waals surface area contributed by atoms with Crippen molar-refractivity contribution in [2.45, 2.75) is 25.7 Å². The standard InChI is InChI=1S/C27H26N8O2S3/c1-29-17-21-8-4-19(5-9-21)15-23(37)31-27-35-33-25(40-27)11-13-38-12-10-24-32-34-26(39-24)30-22(36)14-18-2-6-20(16-28)7-3-18/h2-9,17H,10-15H2,1H3,(H,30,34,36)(H,31,35,37). The summed E-state index contributed by atoms with van der Waals surface area (Å²) >= 11 is 4.53. The maximum Gasteiger partial charge on any atom is 0.230 e. The number of carbonyl (C=O) groups excluding carboxylic acids is 2. The largest absolute Gasteiger partial charge is 0.300 e. The highest BCUT2D eigenvalue weighted by Gasteiger charge is 2.11. The van der Waals surface area contributed by atoms with E-state index in [0.717, 1.165) is 51.1 Å². The molecule has 2 amide bonds. The normalized spacial score (nSPS) is 10.9. The van der Waals surface area contributed by atoms with Crippen molar-refractivity contribution >= 4 is 62.7 Å². The third kappa shape index (κ3) is 9.33. The Labute approximate surface area is 244 Å². The summed E-state index contributed by atoms with van der Waals surface area (Å²) in [5, 5.41) is 33.7. The minimum atomic E-state index is -0.175. The topological polar surface area (TPSA) is 146 Å². The summed E-state index contributed by atoms with van der Waals surface area (Å²) in [5.41, 5.74) is 3.29. The minimum absolute atomic E-state index is 0.129. The number of nitriles is 1. The smallest absolute Gasteiger partial charge is 0.230 e. The molecule has 10 nitrogen and oxygen atoms in total. The van der Waals surface area contributed by atoms with Gasteiger partial charge in [0.15, 0.2) is 0 Å². The highest BCUT2D eigenvalue weighted by atomic mass is 32.2. The number of aliphatic imine (C=N–C) groups is 1. The molecule has 0 spiro atoms. The molecule has 40 heavy (non-hydrogen) atoms. The van der Waals surface area contributed by atoms with Gasteiger partial charge in [-0.25, -0.2) is 0 Å². The van der Waals surface area contributed by atoms with Crippen molar-refractivity contribution < 1.29 is 9.59 Å². The molecule has 2 aromatic carbocycles. The average Bonchev–Trinajstić information content (AvgIpc) is 3.59. The van der Waals surface area contributed by atoms with Crippen LogP contribution in [0.5, 0.6) is 0 Å². The van der Waals surface area contributed by atoms with Gasteiger partial charge in [0.25, 0.3) is 0 Å². The molecule has 4 rings (SSSR count). The molecule has 0 unspecified atom stereocenters. The third-order valence-corrected chi connectivity index (χ3v) is 8.20. The maximum absolute atomic E-state index is 12.4. The molecule has 0 aliphatic rings. The van der Waals surface area contributed by atoms with E-state index in [1.54, 1.807) is 49.3 Å². The lowest BCUT2D eigenvalue weighted by molar-refractivity contribution is -0.116. The van der Waals surface area contributed by atoms with Gasteiger partial charge in [0.1, 0.15) is 10.0 Å². The van der Waals surface area contributed by atoms with E-state index in [4.69, 9.17) is 5.26 Å². The first kappa shape index (κ1) is 29.0. The van der Waals surface area contributed by atoms with Crippen LogP contribution in [0, 0.1) is 11.3 Å². The number of aromatic nitrogens is 4. The van der Waals surface area contributed by atoms with Crippen molar-refractivity contribution in [1.82, 2.24) is 20.4 Å². The molecular weight excluding hydrogens is 565 g/mol. The molecule has 0 aliphatic carbocycles. The molecule has 0 saturated carbocycles. The van der Waals surface area contributed by atoms with Gasteiger partial charge in [0, 0.05) is 26.1 Å². The number of aryl methyl sites for hydroxylation is 2. The van der Waals surface area contributed by atoms with Crippen LogP contribution in [-0.2, 0) is 35.3 Å². The SMILES string of the molecule is CN=Cc1ccc(CC(=O)Nc2nnc(CCSCCc3nnc(NC(=O)Cc4ccc(C#N)cc4)s3)s2)cc1. The Morgan fingerprint density at radius 1 is 0.850 bits per heavy atom. The van der Waals surface area contributed by atoms with Gasteiger partial charge in [0.2, 0.25) is 22.1 Å². The second-order valence-corrected chi connectivity index (χ2v) is 11.9.